The minimum absolute atomic E-state index is 0.719. The first-order chi connectivity index (χ1) is 10.8. The molecule has 0 unspecified atom stereocenters. The standard InChI is InChI=1S/C19H18ClNO/c20-17-8-4-7-16(13-17)19-10-9-18(22-19)14-21-12-11-15-5-2-1-3-6-15/h1-10,13,21H,11-12,14H2. The molecule has 0 atom stereocenters. The van der Waals surface area contributed by atoms with Crippen molar-refractivity contribution in [1.29, 1.82) is 0 Å². The molecule has 2 nitrogen and oxygen atoms in total. The molecule has 3 heteroatoms. The van der Waals surface area contributed by atoms with Crippen molar-refractivity contribution in [2.45, 2.75) is 13.0 Å². The van der Waals surface area contributed by atoms with Crippen LogP contribution in [0.3, 0.4) is 0 Å². The molecule has 22 heavy (non-hydrogen) atoms. The fourth-order valence-corrected chi connectivity index (χ4v) is 2.55. The molecule has 3 rings (SSSR count). The molecule has 0 spiro atoms. The van der Waals surface area contributed by atoms with Crippen LogP contribution in [0, 0.1) is 0 Å². The van der Waals surface area contributed by atoms with E-state index in [2.05, 4.69) is 29.6 Å². The number of benzene rings is 2. The van der Waals surface area contributed by atoms with Crippen molar-refractivity contribution in [3.05, 3.63) is 83.1 Å². The first-order valence-electron chi connectivity index (χ1n) is 7.40. The van der Waals surface area contributed by atoms with Crippen molar-refractivity contribution in [3.63, 3.8) is 0 Å². The van der Waals surface area contributed by atoms with E-state index in [4.69, 9.17) is 16.0 Å². The van der Waals surface area contributed by atoms with Crippen molar-refractivity contribution >= 4 is 11.6 Å². The van der Waals surface area contributed by atoms with Crippen LogP contribution in [-0.2, 0) is 13.0 Å². The Bertz CT molecular complexity index is 721. The van der Waals surface area contributed by atoms with Crippen molar-refractivity contribution in [1.82, 2.24) is 5.32 Å². The molecule has 0 fully saturated rings. The molecule has 1 heterocycles. The molecule has 1 aromatic heterocycles. The predicted octanol–water partition coefficient (Wildman–Crippen LogP) is 4.93. The summed E-state index contributed by atoms with van der Waals surface area (Å²) in [5.74, 6) is 1.78. The van der Waals surface area contributed by atoms with Gasteiger partial charge in [0.15, 0.2) is 0 Å². The molecule has 3 aromatic rings. The van der Waals surface area contributed by atoms with Crippen LogP contribution >= 0.6 is 11.6 Å². The Labute approximate surface area is 135 Å². The summed E-state index contributed by atoms with van der Waals surface area (Å²) in [4.78, 5) is 0. The third-order valence-corrected chi connectivity index (χ3v) is 3.74. The average molecular weight is 312 g/mol. The van der Waals surface area contributed by atoms with E-state index in [0.29, 0.717) is 0 Å². The smallest absolute Gasteiger partial charge is 0.134 e. The van der Waals surface area contributed by atoms with E-state index < -0.39 is 0 Å². The first kappa shape index (κ1) is 14.9. The van der Waals surface area contributed by atoms with Crippen molar-refractivity contribution in [2.24, 2.45) is 0 Å². The highest BCUT2D eigenvalue weighted by Gasteiger charge is 2.05. The predicted molar refractivity (Wildman–Crippen MR) is 91.0 cm³/mol. The maximum absolute atomic E-state index is 6.01. The average Bonchev–Trinajstić information content (AvgIpc) is 3.02. The molecule has 0 aliphatic carbocycles. The Morgan fingerprint density at radius 1 is 0.909 bits per heavy atom. The normalized spacial score (nSPS) is 10.8. The third kappa shape index (κ3) is 4.00. The summed E-state index contributed by atoms with van der Waals surface area (Å²) in [6, 6.07) is 22.2. The number of hydrogen-bond donors (Lipinski definition) is 1. The van der Waals surface area contributed by atoms with Gasteiger partial charge in [-0.2, -0.15) is 0 Å². The van der Waals surface area contributed by atoms with Crippen LogP contribution in [0.1, 0.15) is 11.3 Å². The topological polar surface area (TPSA) is 25.2 Å². The van der Waals surface area contributed by atoms with Gasteiger partial charge in [-0.25, -0.2) is 0 Å². The lowest BCUT2D eigenvalue weighted by atomic mass is 10.1. The molecular formula is C19H18ClNO. The van der Waals surface area contributed by atoms with Gasteiger partial charge in [0.1, 0.15) is 11.5 Å². The Balaban J connectivity index is 1.52. The zero-order valence-corrected chi connectivity index (χ0v) is 13.0. The number of nitrogens with one attached hydrogen (secondary N) is 1. The molecule has 2 aromatic carbocycles. The Kier molecular flexibility index (Phi) is 4.94. The number of halogens is 1. The molecule has 0 saturated heterocycles. The molecule has 0 amide bonds. The lowest BCUT2D eigenvalue weighted by molar-refractivity contribution is 0.495. The van der Waals surface area contributed by atoms with E-state index in [1.165, 1.54) is 5.56 Å². The molecule has 112 valence electrons. The summed E-state index contributed by atoms with van der Waals surface area (Å²) in [6.07, 6.45) is 1.02. The molecule has 0 aliphatic rings. The van der Waals surface area contributed by atoms with Crippen LogP contribution in [-0.4, -0.2) is 6.54 Å². The van der Waals surface area contributed by atoms with Crippen LogP contribution in [0.4, 0.5) is 0 Å². The fourth-order valence-electron chi connectivity index (χ4n) is 2.36. The zero-order valence-electron chi connectivity index (χ0n) is 12.3. The first-order valence-corrected chi connectivity index (χ1v) is 7.78. The van der Waals surface area contributed by atoms with Gasteiger partial charge in [-0.05, 0) is 42.8 Å². The third-order valence-electron chi connectivity index (χ3n) is 3.50. The van der Waals surface area contributed by atoms with Gasteiger partial charge >= 0.3 is 0 Å². The number of hydrogen-bond acceptors (Lipinski definition) is 2. The summed E-state index contributed by atoms with van der Waals surface area (Å²) in [5.41, 5.74) is 2.34. The van der Waals surface area contributed by atoms with Crippen molar-refractivity contribution < 1.29 is 4.42 Å². The van der Waals surface area contributed by atoms with Gasteiger partial charge in [-0.15, -0.1) is 0 Å². The van der Waals surface area contributed by atoms with Crippen LogP contribution in [0.2, 0.25) is 5.02 Å². The Morgan fingerprint density at radius 3 is 2.59 bits per heavy atom. The van der Waals surface area contributed by atoms with Crippen LogP contribution in [0.5, 0.6) is 0 Å². The zero-order chi connectivity index (χ0) is 15.2. The summed E-state index contributed by atoms with van der Waals surface area (Å²) < 4.78 is 5.86. The van der Waals surface area contributed by atoms with E-state index in [-0.39, 0.29) is 0 Å². The van der Waals surface area contributed by atoms with Gasteiger partial charge < -0.3 is 9.73 Å². The number of rotatable bonds is 6. The minimum atomic E-state index is 0.719. The summed E-state index contributed by atoms with van der Waals surface area (Å²) in [7, 11) is 0. The molecule has 0 saturated carbocycles. The summed E-state index contributed by atoms with van der Waals surface area (Å²) >= 11 is 6.01. The molecule has 0 bridgehead atoms. The second kappa shape index (κ2) is 7.30. The molecular weight excluding hydrogens is 294 g/mol. The van der Waals surface area contributed by atoms with E-state index >= 15 is 0 Å². The van der Waals surface area contributed by atoms with Crippen LogP contribution in [0.25, 0.3) is 11.3 Å². The lowest BCUT2D eigenvalue weighted by Crippen LogP contribution is -2.16. The second-order valence-corrected chi connectivity index (χ2v) is 5.63. The van der Waals surface area contributed by atoms with E-state index in [9.17, 15) is 0 Å². The van der Waals surface area contributed by atoms with E-state index in [1.807, 2.05) is 42.5 Å². The molecule has 0 radical (unpaired) electrons. The second-order valence-electron chi connectivity index (χ2n) is 5.19. The SMILES string of the molecule is Clc1cccc(-c2ccc(CNCCc3ccccc3)o2)c1. The van der Waals surface area contributed by atoms with E-state index in [1.54, 1.807) is 0 Å². The summed E-state index contributed by atoms with van der Waals surface area (Å²) in [6.45, 7) is 1.66. The minimum Gasteiger partial charge on any atom is -0.460 e. The summed E-state index contributed by atoms with van der Waals surface area (Å²) in [5, 5.41) is 4.13. The largest absolute Gasteiger partial charge is 0.460 e. The fraction of sp³-hybridized carbons (Fsp3) is 0.158. The Hall–Kier alpha value is -2.03. The van der Waals surface area contributed by atoms with Crippen LogP contribution < -0.4 is 5.32 Å². The van der Waals surface area contributed by atoms with Gasteiger partial charge in [0.25, 0.3) is 0 Å². The monoisotopic (exact) mass is 311 g/mol. The van der Waals surface area contributed by atoms with E-state index in [0.717, 1.165) is 41.6 Å². The van der Waals surface area contributed by atoms with Gasteiger partial charge in [0.05, 0.1) is 6.54 Å². The van der Waals surface area contributed by atoms with Gasteiger partial charge in [0.2, 0.25) is 0 Å². The van der Waals surface area contributed by atoms with Crippen molar-refractivity contribution in [3.8, 4) is 11.3 Å². The highest BCUT2D eigenvalue weighted by Crippen LogP contribution is 2.24. The van der Waals surface area contributed by atoms with Gasteiger partial charge in [-0.3, -0.25) is 0 Å². The van der Waals surface area contributed by atoms with Gasteiger partial charge in [-0.1, -0.05) is 54.1 Å². The van der Waals surface area contributed by atoms with Crippen LogP contribution in [0.15, 0.2) is 71.1 Å². The van der Waals surface area contributed by atoms with Crippen molar-refractivity contribution in [2.75, 3.05) is 6.54 Å². The quantitative estimate of drug-likeness (QED) is 0.653. The van der Waals surface area contributed by atoms with Gasteiger partial charge in [0, 0.05) is 10.6 Å². The molecule has 1 N–H and O–H groups in total. The Morgan fingerprint density at radius 2 is 1.77 bits per heavy atom. The highest BCUT2D eigenvalue weighted by atomic mass is 35.5. The lowest BCUT2D eigenvalue weighted by Gasteiger charge is -2.03. The maximum Gasteiger partial charge on any atom is 0.134 e. The molecule has 0 aliphatic heterocycles. The number of furan rings is 1. The maximum atomic E-state index is 6.01. The highest BCUT2D eigenvalue weighted by molar-refractivity contribution is 6.30.